The molecule has 3 nitrogen and oxygen atoms in total. The smallest absolute Gasteiger partial charge is 0.139 e. The van der Waals surface area contributed by atoms with Gasteiger partial charge in [0.05, 0.1) is 19.3 Å². The van der Waals surface area contributed by atoms with Crippen molar-refractivity contribution < 1.29 is 9.53 Å². The summed E-state index contributed by atoms with van der Waals surface area (Å²) in [4.78, 5) is 13.0. The Morgan fingerprint density at radius 3 is 2.93 bits per heavy atom. The van der Waals surface area contributed by atoms with Crippen LogP contribution in [-0.2, 0) is 16.1 Å². The number of morpholine rings is 1. The molecule has 1 aromatic carbocycles. The Morgan fingerprint density at radius 1 is 1.40 bits per heavy atom. The van der Waals surface area contributed by atoms with Gasteiger partial charge in [0, 0.05) is 13.1 Å². The fourth-order valence-corrected chi connectivity index (χ4v) is 1.80. The van der Waals surface area contributed by atoms with Crippen LogP contribution < -0.4 is 0 Å². The van der Waals surface area contributed by atoms with Crippen molar-refractivity contribution in [1.82, 2.24) is 4.90 Å². The molecule has 0 N–H and O–H groups in total. The van der Waals surface area contributed by atoms with Gasteiger partial charge in [-0.2, -0.15) is 0 Å². The number of nitrogens with zero attached hydrogens (tertiary/aromatic N) is 1. The summed E-state index contributed by atoms with van der Waals surface area (Å²) in [7, 11) is 0. The van der Waals surface area contributed by atoms with Crippen molar-refractivity contribution in [3.8, 4) is 0 Å². The molecule has 15 heavy (non-hydrogen) atoms. The molecule has 3 heteroatoms. The van der Waals surface area contributed by atoms with Gasteiger partial charge in [-0.25, -0.2) is 0 Å². The monoisotopic (exact) mass is 205 g/mol. The van der Waals surface area contributed by atoms with Gasteiger partial charge in [-0.3, -0.25) is 4.90 Å². The predicted molar refractivity (Wildman–Crippen MR) is 57.5 cm³/mol. The van der Waals surface area contributed by atoms with Crippen LogP contribution in [0.5, 0.6) is 0 Å². The minimum absolute atomic E-state index is 0.0843. The molecule has 1 heterocycles. The average Bonchev–Trinajstić information content (AvgIpc) is 2.31. The lowest BCUT2D eigenvalue weighted by molar-refractivity contribution is -0.118. The lowest BCUT2D eigenvalue weighted by atomic mass is 10.1. The summed E-state index contributed by atoms with van der Waals surface area (Å²) in [5.41, 5.74) is 1.24. The molecule has 1 saturated heterocycles. The van der Waals surface area contributed by atoms with Gasteiger partial charge in [-0.05, 0) is 5.56 Å². The van der Waals surface area contributed by atoms with Crippen LogP contribution >= 0.6 is 0 Å². The van der Waals surface area contributed by atoms with Crippen LogP contribution in [0.2, 0.25) is 0 Å². The van der Waals surface area contributed by atoms with Crippen molar-refractivity contribution >= 4 is 6.29 Å². The Morgan fingerprint density at radius 2 is 2.20 bits per heavy atom. The van der Waals surface area contributed by atoms with Crippen molar-refractivity contribution in [3.63, 3.8) is 0 Å². The van der Waals surface area contributed by atoms with Gasteiger partial charge in [0.1, 0.15) is 6.29 Å². The first-order valence-electron chi connectivity index (χ1n) is 5.21. The molecule has 0 radical (unpaired) electrons. The highest BCUT2D eigenvalue weighted by molar-refractivity contribution is 5.58. The maximum atomic E-state index is 10.8. The molecular formula is C12H15NO2. The lowest BCUT2D eigenvalue weighted by Gasteiger charge is -2.32. The summed E-state index contributed by atoms with van der Waals surface area (Å²) < 4.78 is 5.27. The Balaban J connectivity index is 2.00. The number of rotatable bonds is 3. The van der Waals surface area contributed by atoms with E-state index in [0.717, 1.165) is 26.0 Å². The third-order valence-electron chi connectivity index (χ3n) is 2.67. The Labute approximate surface area is 89.7 Å². The zero-order valence-corrected chi connectivity index (χ0v) is 8.63. The normalized spacial score (nSPS) is 22.5. The summed E-state index contributed by atoms with van der Waals surface area (Å²) in [6.07, 6.45) is 0.974. The Bertz CT molecular complexity index is 313. The zero-order valence-electron chi connectivity index (χ0n) is 8.63. The number of ether oxygens (including phenoxy) is 1. The minimum atomic E-state index is -0.0843. The largest absolute Gasteiger partial charge is 0.378 e. The van der Waals surface area contributed by atoms with Gasteiger partial charge in [-0.15, -0.1) is 0 Å². The van der Waals surface area contributed by atoms with Gasteiger partial charge in [0.25, 0.3) is 0 Å². The van der Waals surface area contributed by atoms with Crippen molar-refractivity contribution in [3.05, 3.63) is 35.9 Å². The second kappa shape index (κ2) is 5.05. The first kappa shape index (κ1) is 10.3. The van der Waals surface area contributed by atoms with E-state index in [2.05, 4.69) is 17.0 Å². The van der Waals surface area contributed by atoms with Crippen LogP contribution in [-0.4, -0.2) is 37.0 Å². The average molecular weight is 205 g/mol. The van der Waals surface area contributed by atoms with E-state index >= 15 is 0 Å². The molecule has 80 valence electrons. The fraction of sp³-hybridized carbons (Fsp3) is 0.417. The highest BCUT2D eigenvalue weighted by atomic mass is 16.5. The molecule has 1 aliphatic rings. The van der Waals surface area contributed by atoms with Crippen LogP contribution in [0.1, 0.15) is 5.56 Å². The standard InChI is InChI=1S/C12H15NO2/c14-9-12-10-15-7-6-13(12)8-11-4-2-1-3-5-11/h1-5,9,12H,6-8,10H2/t12-/m1/s1. The molecule has 0 aliphatic carbocycles. The quantitative estimate of drug-likeness (QED) is 0.692. The lowest BCUT2D eigenvalue weighted by Crippen LogP contribution is -2.45. The topological polar surface area (TPSA) is 29.5 Å². The van der Waals surface area contributed by atoms with Gasteiger partial charge in [-0.1, -0.05) is 30.3 Å². The summed E-state index contributed by atoms with van der Waals surface area (Å²) in [6.45, 7) is 2.90. The van der Waals surface area contributed by atoms with Gasteiger partial charge >= 0.3 is 0 Å². The van der Waals surface area contributed by atoms with Crippen LogP contribution in [0.4, 0.5) is 0 Å². The zero-order chi connectivity index (χ0) is 10.5. The van der Waals surface area contributed by atoms with Crippen molar-refractivity contribution in [2.75, 3.05) is 19.8 Å². The van der Waals surface area contributed by atoms with Crippen molar-refractivity contribution in [2.45, 2.75) is 12.6 Å². The molecule has 0 amide bonds. The maximum Gasteiger partial charge on any atom is 0.139 e. The summed E-state index contributed by atoms with van der Waals surface area (Å²) >= 11 is 0. The van der Waals surface area contributed by atoms with Crippen molar-refractivity contribution in [1.29, 1.82) is 0 Å². The fourth-order valence-electron chi connectivity index (χ4n) is 1.80. The summed E-state index contributed by atoms with van der Waals surface area (Å²) in [5, 5.41) is 0. The number of benzene rings is 1. The maximum absolute atomic E-state index is 10.8. The number of carbonyl (C=O) groups is 1. The number of hydrogen-bond acceptors (Lipinski definition) is 3. The van der Waals surface area contributed by atoms with E-state index in [4.69, 9.17) is 4.74 Å². The van der Waals surface area contributed by atoms with Crippen LogP contribution in [0.15, 0.2) is 30.3 Å². The number of carbonyl (C=O) groups excluding carboxylic acids is 1. The third-order valence-corrected chi connectivity index (χ3v) is 2.67. The molecular weight excluding hydrogens is 190 g/mol. The first-order chi connectivity index (χ1) is 7.40. The van der Waals surface area contributed by atoms with E-state index in [0.29, 0.717) is 6.61 Å². The van der Waals surface area contributed by atoms with E-state index < -0.39 is 0 Å². The second-order valence-corrected chi connectivity index (χ2v) is 3.73. The van der Waals surface area contributed by atoms with E-state index in [-0.39, 0.29) is 6.04 Å². The predicted octanol–water partition coefficient (Wildman–Crippen LogP) is 1.09. The van der Waals surface area contributed by atoms with Crippen LogP contribution in [0.25, 0.3) is 0 Å². The first-order valence-corrected chi connectivity index (χ1v) is 5.21. The number of aldehydes is 1. The summed E-state index contributed by atoms with van der Waals surface area (Å²) in [5.74, 6) is 0. The molecule has 1 aromatic rings. The second-order valence-electron chi connectivity index (χ2n) is 3.73. The van der Waals surface area contributed by atoms with Gasteiger partial charge in [0.2, 0.25) is 0 Å². The SMILES string of the molecule is O=C[C@@H]1COCCN1Cc1ccccc1. The van der Waals surface area contributed by atoms with Crippen molar-refractivity contribution in [2.24, 2.45) is 0 Å². The summed E-state index contributed by atoms with van der Waals surface area (Å²) in [6, 6.07) is 10.1. The molecule has 1 aliphatic heterocycles. The molecule has 0 spiro atoms. The van der Waals surface area contributed by atoms with Crippen LogP contribution in [0, 0.1) is 0 Å². The third kappa shape index (κ3) is 2.64. The van der Waals surface area contributed by atoms with Gasteiger partial charge < -0.3 is 9.53 Å². The Hall–Kier alpha value is -1.19. The molecule has 0 unspecified atom stereocenters. The molecule has 2 rings (SSSR count). The van der Waals surface area contributed by atoms with E-state index in [1.807, 2.05) is 18.2 Å². The number of hydrogen-bond donors (Lipinski definition) is 0. The molecule has 1 fully saturated rings. The highest BCUT2D eigenvalue weighted by Crippen LogP contribution is 2.10. The molecule has 1 atom stereocenters. The molecule has 0 bridgehead atoms. The highest BCUT2D eigenvalue weighted by Gasteiger charge is 2.21. The molecule has 0 saturated carbocycles. The van der Waals surface area contributed by atoms with E-state index in [1.165, 1.54) is 5.56 Å². The minimum Gasteiger partial charge on any atom is -0.378 e. The Kier molecular flexibility index (Phi) is 3.48. The van der Waals surface area contributed by atoms with Gasteiger partial charge in [0.15, 0.2) is 0 Å². The van der Waals surface area contributed by atoms with E-state index in [1.54, 1.807) is 0 Å². The molecule has 0 aromatic heterocycles. The van der Waals surface area contributed by atoms with E-state index in [9.17, 15) is 4.79 Å². The van der Waals surface area contributed by atoms with Crippen LogP contribution in [0.3, 0.4) is 0 Å².